The highest BCUT2D eigenvalue weighted by molar-refractivity contribution is 7.87. The molecule has 0 amide bonds. The molecular formula is C25H22F3NO5S. The summed E-state index contributed by atoms with van der Waals surface area (Å²) in [5.74, 6) is -1.49. The van der Waals surface area contributed by atoms with Crippen molar-refractivity contribution in [3.05, 3.63) is 108 Å². The van der Waals surface area contributed by atoms with Gasteiger partial charge in [0.1, 0.15) is 12.1 Å². The Morgan fingerprint density at radius 2 is 1.23 bits per heavy atom. The van der Waals surface area contributed by atoms with Crippen molar-refractivity contribution < 1.29 is 35.7 Å². The molecule has 0 aliphatic carbocycles. The summed E-state index contributed by atoms with van der Waals surface area (Å²) in [6.45, 7) is -0.0340. The van der Waals surface area contributed by atoms with E-state index in [4.69, 9.17) is 0 Å². The van der Waals surface area contributed by atoms with Gasteiger partial charge in [-0.25, -0.2) is 0 Å². The topological polar surface area (TPSA) is 83.9 Å². The molecule has 1 aliphatic rings. The Morgan fingerprint density at radius 3 is 1.57 bits per heavy atom. The monoisotopic (exact) mass is 505 g/mol. The first-order valence-corrected chi connectivity index (χ1v) is 12.2. The molecule has 1 heterocycles. The molecule has 1 saturated heterocycles. The summed E-state index contributed by atoms with van der Waals surface area (Å²) >= 11 is 0. The van der Waals surface area contributed by atoms with E-state index in [0.717, 1.165) is 0 Å². The molecule has 184 valence electrons. The van der Waals surface area contributed by atoms with Crippen LogP contribution in [0, 0.1) is 0 Å². The van der Waals surface area contributed by atoms with Crippen LogP contribution in [0.4, 0.5) is 13.2 Å². The lowest BCUT2D eigenvalue weighted by atomic mass is 9.75. The second-order valence-electron chi connectivity index (χ2n) is 8.11. The van der Waals surface area contributed by atoms with Gasteiger partial charge in [-0.1, -0.05) is 91.0 Å². The number of benzene rings is 3. The summed E-state index contributed by atoms with van der Waals surface area (Å²) in [7, 11) is -6.00. The SMILES string of the molecule is O=C(O)[C@@H]1C(OS(=O)(=O)C(F)(F)F)CCN1C(c1ccccc1)(c1ccccc1)c1ccccc1. The average Bonchev–Trinajstić information content (AvgIpc) is 3.24. The van der Waals surface area contributed by atoms with Crippen LogP contribution in [0.1, 0.15) is 23.1 Å². The van der Waals surface area contributed by atoms with Crippen molar-refractivity contribution in [2.24, 2.45) is 0 Å². The molecule has 0 saturated carbocycles. The first-order valence-electron chi connectivity index (χ1n) is 10.7. The fraction of sp³-hybridized carbons (Fsp3) is 0.240. The van der Waals surface area contributed by atoms with Gasteiger partial charge in [0.25, 0.3) is 0 Å². The Hall–Kier alpha value is -3.21. The summed E-state index contributed by atoms with van der Waals surface area (Å²) in [6, 6.07) is 25.2. The molecule has 35 heavy (non-hydrogen) atoms. The van der Waals surface area contributed by atoms with Gasteiger partial charge in [-0.15, -0.1) is 0 Å². The van der Waals surface area contributed by atoms with Crippen molar-refractivity contribution >= 4 is 16.1 Å². The van der Waals surface area contributed by atoms with Crippen molar-refractivity contribution in [1.82, 2.24) is 4.90 Å². The zero-order chi connectivity index (χ0) is 25.3. The Balaban J connectivity index is 1.96. The number of hydrogen-bond acceptors (Lipinski definition) is 5. The first kappa shape index (κ1) is 24.9. The molecular weight excluding hydrogens is 483 g/mol. The van der Waals surface area contributed by atoms with Gasteiger partial charge < -0.3 is 5.11 Å². The molecule has 0 spiro atoms. The van der Waals surface area contributed by atoms with Crippen LogP contribution in [0.3, 0.4) is 0 Å². The second-order valence-corrected chi connectivity index (χ2v) is 9.67. The van der Waals surface area contributed by atoms with Crippen molar-refractivity contribution in [1.29, 1.82) is 0 Å². The zero-order valence-corrected chi connectivity index (χ0v) is 19.1. The van der Waals surface area contributed by atoms with E-state index in [1.807, 2.05) is 0 Å². The average molecular weight is 506 g/mol. The standard InChI is InChI=1S/C25H22F3NO5S/c26-25(27,28)35(32,33)34-21-16-17-29(22(21)23(30)31)24(18-10-4-1-5-11-18,19-12-6-2-7-13-19)20-14-8-3-9-15-20/h1-15,21-22H,16-17H2,(H,30,31)/t21?,22-/m0/s1. The van der Waals surface area contributed by atoms with E-state index < -0.39 is 39.3 Å². The van der Waals surface area contributed by atoms with Gasteiger partial charge in [0.2, 0.25) is 0 Å². The number of likely N-dealkylation sites (tertiary alicyclic amines) is 1. The minimum Gasteiger partial charge on any atom is -0.480 e. The van der Waals surface area contributed by atoms with Crippen LogP contribution < -0.4 is 0 Å². The minimum atomic E-state index is -6.00. The van der Waals surface area contributed by atoms with Crippen LogP contribution in [-0.2, 0) is 24.6 Å². The molecule has 0 radical (unpaired) electrons. The normalized spacial score (nSPS) is 19.5. The molecule has 0 aromatic heterocycles. The molecule has 10 heteroatoms. The number of rotatable bonds is 7. The highest BCUT2D eigenvalue weighted by Crippen LogP contribution is 2.47. The number of hydrogen-bond donors (Lipinski definition) is 1. The first-order chi connectivity index (χ1) is 16.6. The third-order valence-electron chi connectivity index (χ3n) is 6.13. The Labute approximate surface area is 200 Å². The van der Waals surface area contributed by atoms with Crippen LogP contribution in [0.5, 0.6) is 0 Å². The lowest BCUT2D eigenvalue weighted by Crippen LogP contribution is -2.55. The highest BCUT2D eigenvalue weighted by atomic mass is 32.2. The van der Waals surface area contributed by atoms with E-state index in [1.165, 1.54) is 4.90 Å². The third-order valence-corrected chi connectivity index (χ3v) is 7.20. The smallest absolute Gasteiger partial charge is 0.480 e. The number of carbonyl (C=O) groups is 1. The van der Waals surface area contributed by atoms with Gasteiger partial charge in [0, 0.05) is 6.54 Å². The van der Waals surface area contributed by atoms with Crippen LogP contribution in [0.15, 0.2) is 91.0 Å². The molecule has 1 fully saturated rings. The molecule has 1 aliphatic heterocycles. The molecule has 1 unspecified atom stereocenters. The maximum absolute atomic E-state index is 13.1. The molecule has 2 atom stereocenters. The van der Waals surface area contributed by atoms with Gasteiger partial charge in [-0.3, -0.25) is 13.9 Å². The Bertz CT molecular complexity index is 1170. The minimum absolute atomic E-state index is 0.0340. The van der Waals surface area contributed by atoms with E-state index in [0.29, 0.717) is 16.7 Å². The number of halogens is 3. The number of carboxylic acid groups (broad SMARTS) is 1. The predicted octanol–water partition coefficient (Wildman–Crippen LogP) is 4.37. The fourth-order valence-corrected chi connectivity index (χ4v) is 5.42. The molecule has 6 nitrogen and oxygen atoms in total. The molecule has 4 rings (SSSR count). The summed E-state index contributed by atoms with van der Waals surface area (Å²) in [5.41, 5.74) is -4.92. The van der Waals surface area contributed by atoms with Crippen LogP contribution >= 0.6 is 0 Å². The lowest BCUT2D eigenvalue weighted by Gasteiger charge is -2.45. The maximum Gasteiger partial charge on any atom is 0.523 e. The number of alkyl halides is 3. The van der Waals surface area contributed by atoms with Crippen molar-refractivity contribution in [3.63, 3.8) is 0 Å². The van der Waals surface area contributed by atoms with Crippen molar-refractivity contribution in [2.75, 3.05) is 6.54 Å². The number of carboxylic acids is 1. The fourth-order valence-electron chi connectivity index (χ4n) is 4.79. The van der Waals surface area contributed by atoms with Crippen LogP contribution in [0.2, 0.25) is 0 Å². The van der Waals surface area contributed by atoms with Crippen molar-refractivity contribution in [2.45, 2.75) is 29.6 Å². The molecule has 0 bridgehead atoms. The third kappa shape index (κ3) is 4.44. The lowest BCUT2D eigenvalue weighted by molar-refractivity contribution is -0.146. The summed E-state index contributed by atoms with van der Waals surface area (Å²) in [4.78, 5) is 14.0. The summed E-state index contributed by atoms with van der Waals surface area (Å²) in [6.07, 6.45) is -1.98. The zero-order valence-electron chi connectivity index (χ0n) is 18.3. The van der Waals surface area contributed by atoms with Gasteiger partial charge in [0.05, 0.1) is 5.54 Å². The van der Waals surface area contributed by atoms with Gasteiger partial charge >= 0.3 is 21.6 Å². The van der Waals surface area contributed by atoms with Crippen LogP contribution in [0.25, 0.3) is 0 Å². The molecule has 3 aromatic carbocycles. The molecule has 1 N–H and O–H groups in total. The van der Waals surface area contributed by atoms with Gasteiger partial charge in [-0.2, -0.15) is 21.6 Å². The number of nitrogens with zero attached hydrogens (tertiary/aromatic N) is 1. The van der Waals surface area contributed by atoms with E-state index in [2.05, 4.69) is 4.18 Å². The Morgan fingerprint density at radius 1 is 0.829 bits per heavy atom. The maximum atomic E-state index is 13.1. The Kier molecular flexibility index (Phi) is 6.72. The van der Waals surface area contributed by atoms with E-state index >= 15 is 0 Å². The molecule has 3 aromatic rings. The van der Waals surface area contributed by atoms with E-state index in [1.54, 1.807) is 91.0 Å². The second kappa shape index (κ2) is 9.44. The van der Waals surface area contributed by atoms with Crippen molar-refractivity contribution in [3.8, 4) is 0 Å². The number of aliphatic carboxylic acids is 1. The predicted molar refractivity (Wildman–Crippen MR) is 122 cm³/mol. The van der Waals surface area contributed by atoms with Crippen LogP contribution in [-0.4, -0.2) is 48.6 Å². The van der Waals surface area contributed by atoms with E-state index in [-0.39, 0.29) is 13.0 Å². The largest absolute Gasteiger partial charge is 0.523 e. The quantitative estimate of drug-likeness (QED) is 0.292. The van der Waals surface area contributed by atoms with Gasteiger partial charge in [-0.05, 0) is 23.1 Å². The summed E-state index contributed by atoms with van der Waals surface area (Å²) < 4.78 is 67.3. The van der Waals surface area contributed by atoms with Gasteiger partial charge in [0.15, 0.2) is 0 Å². The highest BCUT2D eigenvalue weighted by Gasteiger charge is 2.56. The summed E-state index contributed by atoms with van der Waals surface area (Å²) in [5, 5.41) is 10.2. The van der Waals surface area contributed by atoms with E-state index in [9.17, 15) is 31.5 Å².